The zero-order chi connectivity index (χ0) is 24.3. The predicted molar refractivity (Wildman–Crippen MR) is 134 cm³/mol. The number of rotatable bonds is 6. The van der Waals surface area contributed by atoms with E-state index in [-0.39, 0.29) is 12.1 Å². The zero-order valence-electron chi connectivity index (χ0n) is 21.2. The standard InChI is InChI=1S/C25H39N7O2/c1-25(2,3)34-24(33)32(5)19-12-10-18(11-13-19)31(4)23-26-15-14-21(28-23)27-22-16-20(29-30-22)17-8-6-7-9-17/h14-19H,6-13H2,1-5H3,(H2,26,27,28,29,30). The van der Waals surface area contributed by atoms with E-state index in [0.717, 1.165) is 37.3 Å². The van der Waals surface area contributed by atoms with Crippen molar-refractivity contribution in [3.63, 3.8) is 0 Å². The summed E-state index contributed by atoms with van der Waals surface area (Å²) in [6, 6.07) is 4.50. The normalized spacial score (nSPS) is 21.3. The molecule has 0 unspecified atom stereocenters. The number of ether oxygens (including phenoxy) is 1. The quantitative estimate of drug-likeness (QED) is 0.599. The van der Waals surface area contributed by atoms with Crippen molar-refractivity contribution in [3.8, 4) is 0 Å². The summed E-state index contributed by atoms with van der Waals surface area (Å²) >= 11 is 0. The Balaban J connectivity index is 1.32. The maximum Gasteiger partial charge on any atom is 0.410 e. The molecule has 0 saturated heterocycles. The summed E-state index contributed by atoms with van der Waals surface area (Å²) < 4.78 is 5.53. The van der Waals surface area contributed by atoms with Crippen LogP contribution >= 0.6 is 0 Å². The van der Waals surface area contributed by atoms with Crippen molar-refractivity contribution in [1.82, 2.24) is 25.1 Å². The molecule has 2 aliphatic rings. The van der Waals surface area contributed by atoms with Crippen molar-refractivity contribution in [2.45, 2.75) is 95.7 Å². The highest BCUT2D eigenvalue weighted by molar-refractivity contribution is 5.68. The molecule has 0 bridgehead atoms. The van der Waals surface area contributed by atoms with E-state index < -0.39 is 5.60 Å². The van der Waals surface area contributed by atoms with E-state index in [0.29, 0.717) is 17.9 Å². The number of anilines is 3. The maximum absolute atomic E-state index is 12.4. The van der Waals surface area contributed by atoms with Crippen LogP contribution in [0.5, 0.6) is 0 Å². The van der Waals surface area contributed by atoms with Gasteiger partial charge in [-0.3, -0.25) is 5.10 Å². The first-order valence-corrected chi connectivity index (χ1v) is 12.5. The van der Waals surface area contributed by atoms with Crippen molar-refractivity contribution >= 4 is 23.7 Å². The first-order valence-electron chi connectivity index (χ1n) is 12.5. The third kappa shape index (κ3) is 5.98. The molecule has 2 aliphatic carbocycles. The van der Waals surface area contributed by atoms with Crippen LogP contribution in [0.2, 0.25) is 0 Å². The number of nitrogens with one attached hydrogen (secondary N) is 2. The number of carbonyl (C=O) groups excluding carboxylic acids is 1. The number of aromatic nitrogens is 4. The van der Waals surface area contributed by atoms with Gasteiger partial charge in [0.1, 0.15) is 11.4 Å². The topological polar surface area (TPSA) is 99.3 Å². The second-order valence-corrected chi connectivity index (χ2v) is 10.7. The molecule has 2 aromatic rings. The fourth-order valence-corrected chi connectivity index (χ4v) is 5.04. The van der Waals surface area contributed by atoms with Crippen LogP contribution in [0, 0.1) is 0 Å². The number of nitrogens with zero attached hydrogens (tertiary/aromatic N) is 5. The summed E-state index contributed by atoms with van der Waals surface area (Å²) in [5.41, 5.74) is 0.729. The predicted octanol–water partition coefficient (Wildman–Crippen LogP) is 5.22. The molecule has 9 nitrogen and oxygen atoms in total. The molecule has 34 heavy (non-hydrogen) atoms. The Morgan fingerprint density at radius 3 is 2.41 bits per heavy atom. The van der Waals surface area contributed by atoms with Gasteiger partial charge in [0.2, 0.25) is 5.95 Å². The van der Waals surface area contributed by atoms with E-state index in [1.807, 2.05) is 33.9 Å². The van der Waals surface area contributed by atoms with Crippen molar-refractivity contribution < 1.29 is 9.53 Å². The molecule has 0 radical (unpaired) electrons. The molecular formula is C25H39N7O2. The number of aromatic amines is 1. The number of amides is 1. The fraction of sp³-hybridized carbons (Fsp3) is 0.680. The van der Waals surface area contributed by atoms with E-state index in [4.69, 9.17) is 9.72 Å². The maximum atomic E-state index is 12.4. The molecule has 4 rings (SSSR count). The molecule has 0 aliphatic heterocycles. The first kappa shape index (κ1) is 24.3. The molecule has 9 heteroatoms. The third-order valence-corrected chi connectivity index (χ3v) is 7.05. The average Bonchev–Trinajstić information content (AvgIpc) is 3.49. The lowest BCUT2D eigenvalue weighted by Crippen LogP contribution is -2.45. The molecule has 2 aromatic heterocycles. The molecule has 2 fully saturated rings. The van der Waals surface area contributed by atoms with Crippen LogP contribution in [-0.2, 0) is 4.74 Å². The third-order valence-electron chi connectivity index (χ3n) is 7.05. The Morgan fingerprint density at radius 2 is 1.74 bits per heavy atom. The summed E-state index contributed by atoms with van der Waals surface area (Å²) in [4.78, 5) is 25.6. The minimum Gasteiger partial charge on any atom is -0.444 e. The Morgan fingerprint density at radius 1 is 1.06 bits per heavy atom. The Kier molecular flexibility index (Phi) is 7.28. The second-order valence-electron chi connectivity index (χ2n) is 10.7. The van der Waals surface area contributed by atoms with Crippen molar-refractivity contribution in [1.29, 1.82) is 0 Å². The molecule has 2 heterocycles. The number of carbonyl (C=O) groups is 1. The molecule has 2 N–H and O–H groups in total. The Labute approximate surface area is 202 Å². The highest BCUT2D eigenvalue weighted by Crippen LogP contribution is 2.34. The lowest BCUT2D eigenvalue weighted by molar-refractivity contribution is 0.0183. The number of hydrogen-bond donors (Lipinski definition) is 2. The molecule has 186 valence electrons. The minimum absolute atomic E-state index is 0.196. The van der Waals surface area contributed by atoms with Gasteiger partial charge < -0.3 is 19.9 Å². The largest absolute Gasteiger partial charge is 0.444 e. The van der Waals surface area contributed by atoms with Gasteiger partial charge in [-0.05, 0) is 65.4 Å². The summed E-state index contributed by atoms with van der Waals surface area (Å²) in [7, 11) is 3.89. The van der Waals surface area contributed by atoms with Crippen LogP contribution in [-0.4, -0.2) is 62.9 Å². The fourth-order valence-electron chi connectivity index (χ4n) is 5.04. The average molecular weight is 470 g/mol. The number of hydrogen-bond acceptors (Lipinski definition) is 7. The van der Waals surface area contributed by atoms with Gasteiger partial charge >= 0.3 is 6.09 Å². The minimum atomic E-state index is -0.479. The molecular weight excluding hydrogens is 430 g/mol. The summed E-state index contributed by atoms with van der Waals surface area (Å²) in [5.74, 6) is 2.82. The lowest BCUT2D eigenvalue weighted by Gasteiger charge is -2.38. The van der Waals surface area contributed by atoms with Gasteiger partial charge in [-0.15, -0.1) is 0 Å². The Bertz CT molecular complexity index is 956. The van der Waals surface area contributed by atoms with E-state index in [9.17, 15) is 4.79 Å². The second kappa shape index (κ2) is 10.2. The molecule has 2 saturated carbocycles. The highest BCUT2D eigenvalue weighted by Gasteiger charge is 2.31. The smallest absolute Gasteiger partial charge is 0.410 e. The Hall–Kier alpha value is -2.84. The van der Waals surface area contributed by atoms with Gasteiger partial charge in [-0.25, -0.2) is 9.78 Å². The van der Waals surface area contributed by atoms with Crippen LogP contribution in [0.4, 0.5) is 22.4 Å². The van der Waals surface area contributed by atoms with Crippen molar-refractivity contribution in [3.05, 3.63) is 24.0 Å². The van der Waals surface area contributed by atoms with Gasteiger partial charge in [-0.2, -0.15) is 10.1 Å². The number of H-pyrrole nitrogens is 1. The van der Waals surface area contributed by atoms with Gasteiger partial charge in [0, 0.05) is 50.1 Å². The van der Waals surface area contributed by atoms with Crippen LogP contribution in [0.3, 0.4) is 0 Å². The SMILES string of the molecule is CN(C(=O)OC(C)(C)C)C1CCC(N(C)c2nccc(Nc3cc(C4CCCC4)[nH]n3)n2)CC1. The van der Waals surface area contributed by atoms with E-state index in [1.165, 1.54) is 31.4 Å². The van der Waals surface area contributed by atoms with Crippen molar-refractivity contribution in [2.75, 3.05) is 24.3 Å². The molecule has 0 aromatic carbocycles. The highest BCUT2D eigenvalue weighted by atomic mass is 16.6. The van der Waals surface area contributed by atoms with Crippen molar-refractivity contribution in [2.24, 2.45) is 0 Å². The van der Waals surface area contributed by atoms with Gasteiger partial charge in [0.05, 0.1) is 0 Å². The van der Waals surface area contributed by atoms with E-state index in [2.05, 4.69) is 38.5 Å². The van der Waals surface area contributed by atoms with E-state index in [1.54, 1.807) is 11.1 Å². The van der Waals surface area contributed by atoms with Crippen LogP contribution in [0.25, 0.3) is 0 Å². The van der Waals surface area contributed by atoms with Crippen LogP contribution in [0.1, 0.15) is 83.7 Å². The van der Waals surface area contributed by atoms with E-state index >= 15 is 0 Å². The first-order chi connectivity index (χ1) is 16.2. The zero-order valence-corrected chi connectivity index (χ0v) is 21.2. The van der Waals surface area contributed by atoms with Crippen LogP contribution < -0.4 is 10.2 Å². The monoisotopic (exact) mass is 469 g/mol. The molecule has 0 spiro atoms. The van der Waals surface area contributed by atoms with Gasteiger partial charge in [-0.1, -0.05) is 12.8 Å². The summed E-state index contributed by atoms with van der Waals surface area (Å²) in [5, 5.41) is 10.9. The summed E-state index contributed by atoms with van der Waals surface area (Å²) in [6.07, 6.45) is 10.4. The van der Waals surface area contributed by atoms with Gasteiger partial charge in [0.15, 0.2) is 5.82 Å². The molecule has 0 atom stereocenters. The summed E-state index contributed by atoms with van der Waals surface area (Å²) in [6.45, 7) is 5.69. The van der Waals surface area contributed by atoms with Gasteiger partial charge in [0.25, 0.3) is 0 Å². The van der Waals surface area contributed by atoms with Crippen LogP contribution in [0.15, 0.2) is 18.3 Å². The molecule has 1 amide bonds. The lowest BCUT2D eigenvalue weighted by atomic mass is 9.90.